The van der Waals surface area contributed by atoms with Crippen molar-refractivity contribution in [2.75, 3.05) is 0 Å². The predicted molar refractivity (Wildman–Crippen MR) is 84.2 cm³/mol. The summed E-state index contributed by atoms with van der Waals surface area (Å²) in [6, 6.07) is 6.96. The Kier molecular flexibility index (Phi) is 3.99. The zero-order valence-corrected chi connectivity index (χ0v) is 13.2. The fourth-order valence-corrected chi connectivity index (χ4v) is 3.18. The molecule has 1 aromatic heterocycles. The number of carbonyl (C=O) groups is 1. The molecule has 0 aliphatic carbocycles. The van der Waals surface area contributed by atoms with E-state index in [2.05, 4.69) is 9.98 Å². The molecule has 0 bridgehead atoms. The number of hydrogen-bond donors (Lipinski definition) is 0. The predicted octanol–water partition coefficient (Wildman–Crippen LogP) is 4.45. The van der Waals surface area contributed by atoms with Gasteiger partial charge in [0, 0.05) is 0 Å². The maximum absolute atomic E-state index is 11.9. The highest BCUT2D eigenvalue weighted by Gasteiger charge is 2.26. The van der Waals surface area contributed by atoms with Crippen LogP contribution >= 0.6 is 46.1 Å². The summed E-state index contributed by atoms with van der Waals surface area (Å²) in [5.41, 5.74) is 0.663. The molecule has 0 fully saturated rings. The molecule has 4 nitrogen and oxygen atoms in total. The van der Waals surface area contributed by atoms with Gasteiger partial charge in [0.05, 0.1) is 15.5 Å². The third-order valence-electron chi connectivity index (χ3n) is 2.58. The van der Waals surface area contributed by atoms with Gasteiger partial charge in [-0.25, -0.2) is 14.8 Å². The number of halogens is 3. The number of hydrogen-bond acceptors (Lipinski definition) is 5. The zero-order chi connectivity index (χ0) is 15.0. The number of carbonyl (C=O) groups excluding carboxylic acids is 1. The molecule has 2 aromatic rings. The van der Waals surface area contributed by atoms with Crippen LogP contribution in [0.25, 0.3) is 6.08 Å². The lowest BCUT2D eigenvalue weighted by atomic mass is 10.2. The number of thiazole rings is 1. The van der Waals surface area contributed by atoms with Crippen molar-refractivity contribution in [2.24, 2.45) is 4.99 Å². The normalized spacial score (nSPS) is 16.2. The van der Waals surface area contributed by atoms with Gasteiger partial charge in [0.15, 0.2) is 10.2 Å². The van der Waals surface area contributed by atoms with Crippen LogP contribution in [0, 0.1) is 0 Å². The summed E-state index contributed by atoms with van der Waals surface area (Å²) in [5.74, 6) is -0.422. The van der Waals surface area contributed by atoms with Crippen molar-refractivity contribution < 1.29 is 9.53 Å². The summed E-state index contributed by atoms with van der Waals surface area (Å²) in [6.07, 6.45) is 1.48. The van der Waals surface area contributed by atoms with Crippen LogP contribution in [0.4, 0.5) is 0 Å². The molecule has 3 rings (SSSR count). The summed E-state index contributed by atoms with van der Waals surface area (Å²) < 4.78 is 5.41. The lowest BCUT2D eigenvalue weighted by Gasteiger charge is -2.00. The molecule has 0 unspecified atom stereocenters. The van der Waals surface area contributed by atoms with E-state index in [0.717, 1.165) is 11.3 Å². The van der Waals surface area contributed by atoms with Crippen molar-refractivity contribution in [1.82, 2.24) is 4.98 Å². The van der Waals surface area contributed by atoms with Crippen molar-refractivity contribution in [3.05, 3.63) is 55.0 Å². The number of aromatic nitrogens is 1. The van der Waals surface area contributed by atoms with Crippen molar-refractivity contribution in [1.29, 1.82) is 0 Å². The maximum atomic E-state index is 11.9. The fraction of sp³-hybridized carbons (Fsp3) is 0. The van der Waals surface area contributed by atoms with E-state index in [4.69, 9.17) is 39.5 Å². The quantitative estimate of drug-likeness (QED) is 0.588. The number of ether oxygens (including phenoxy) is 1. The van der Waals surface area contributed by atoms with Crippen LogP contribution in [0.2, 0.25) is 14.6 Å². The van der Waals surface area contributed by atoms with Crippen LogP contribution in [-0.4, -0.2) is 16.9 Å². The van der Waals surface area contributed by atoms with E-state index in [1.165, 1.54) is 6.08 Å². The first-order valence-corrected chi connectivity index (χ1v) is 7.59. The lowest BCUT2D eigenvalue weighted by Crippen LogP contribution is -2.05. The molecular formula is C13H5Cl3N2O2S. The number of esters is 1. The molecule has 8 heteroatoms. The summed E-state index contributed by atoms with van der Waals surface area (Å²) >= 11 is 18.9. The van der Waals surface area contributed by atoms with Gasteiger partial charge in [0.1, 0.15) is 5.15 Å². The van der Waals surface area contributed by atoms with Crippen molar-refractivity contribution >= 4 is 64.1 Å². The Labute approximate surface area is 138 Å². The van der Waals surface area contributed by atoms with Gasteiger partial charge in [-0.15, -0.1) is 11.3 Å². The molecule has 21 heavy (non-hydrogen) atoms. The van der Waals surface area contributed by atoms with Crippen molar-refractivity contribution in [3.63, 3.8) is 0 Å². The minimum Gasteiger partial charge on any atom is -0.402 e. The van der Waals surface area contributed by atoms with Crippen molar-refractivity contribution in [3.8, 4) is 0 Å². The fourth-order valence-electron chi connectivity index (χ4n) is 1.66. The van der Waals surface area contributed by atoms with Gasteiger partial charge in [0.2, 0.25) is 5.90 Å². The van der Waals surface area contributed by atoms with Gasteiger partial charge in [-0.1, -0.05) is 46.9 Å². The summed E-state index contributed by atoms with van der Waals surface area (Å²) in [5, 5.41) is 0.663. The molecule has 0 radical (unpaired) electrons. The first kappa shape index (κ1) is 14.5. The highest BCUT2D eigenvalue weighted by atomic mass is 35.5. The molecule has 2 heterocycles. The number of rotatable bonds is 2. The lowest BCUT2D eigenvalue weighted by molar-refractivity contribution is -0.129. The molecule has 0 spiro atoms. The third kappa shape index (κ3) is 2.96. The van der Waals surface area contributed by atoms with Gasteiger partial charge in [-0.2, -0.15) is 0 Å². The van der Waals surface area contributed by atoms with E-state index in [9.17, 15) is 4.79 Å². The first-order valence-electron chi connectivity index (χ1n) is 5.64. The van der Waals surface area contributed by atoms with Gasteiger partial charge in [-0.3, -0.25) is 0 Å². The zero-order valence-electron chi connectivity index (χ0n) is 10.1. The van der Waals surface area contributed by atoms with E-state index in [-0.39, 0.29) is 21.2 Å². The number of benzene rings is 1. The molecule has 0 saturated carbocycles. The van der Waals surface area contributed by atoms with Crippen LogP contribution in [0.1, 0.15) is 10.4 Å². The maximum Gasteiger partial charge on any atom is 0.363 e. The van der Waals surface area contributed by atoms with Gasteiger partial charge in [-0.05, 0) is 18.2 Å². The minimum atomic E-state index is -0.578. The van der Waals surface area contributed by atoms with E-state index < -0.39 is 5.97 Å². The first-order chi connectivity index (χ1) is 10.0. The molecular weight excluding hydrogens is 355 g/mol. The Morgan fingerprint density at radius 1 is 1.19 bits per heavy atom. The van der Waals surface area contributed by atoms with E-state index in [1.54, 1.807) is 24.3 Å². The largest absolute Gasteiger partial charge is 0.402 e. The molecule has 1 aliphatic rings. The Morgan fingerprint density at radius 3 is 2.62 bits per heavy atom. The molecule has 1 aromatic carbocycles. The number of nitrogens with zero attached hydrogens (tertiary/aromatic N) is 2. The van der Waals surface area contributed by atoms with Gasteiger partial charge in [0.25, 0.3) is 0 Å². The average molecular weight is 360 g/mol. The monoisotopic (exact) mass is 358 g/mol. The van der Waals surface area contributed by atoms with E-state index >= 15 is 0 Å². The standard InChI is InChI=1S/C13H5Cl3N2O2S/c14-7-4-2-1-3-6(7)11-17-8(12(19)20-11)5-9-10(15)18-13(16)21-9/h1-5H/b8-5+. The summed E-state index contributed by atoms with van der Waals surface area (Å²) in [7, 11) is 0. The second kappa shape index (κ2) is 5.77. The van der Waals surface area contributed by atoms with Crippen LogP contribution < -0.4 is 0 Å². The Balaban J connectivity index is 2.00. The highest BCUT2D eigenvalue weighted by molar-refractivity contribution is 7.17. The van der Waals surface area contributed by atoms with E-state index in [1.807, 2.05) is 0 Å². The summed E-state index contributed by atoms with van der Waals surface area (Å²) in [6.45, 7) is 0. The molecule has 0 N–H and O–H groups in total. The Morgan fingerprint density at radius 2 is 1.95 bits per heavy atom. The van der Waals surface area contributed by atoms with Crippen molar-refractivity contribution in [2.45, 2.75) is 0 Å². The average Bonchev–Trinajstić information content (AvgIpc) is 2.94. The third-order valence-corrected chi connectivity index (χ3v) is 4.41. The number of cyclic esters (lactones) is 1. The second-order valence-electron chi connectivity index (χ2n) is 3.94. The van der Waals surface area contributed by atoms with E-state index in [0.29, 0.717) is 15.5 Å². The molecule has 106 valence electrons. The summed E-state index contributed by atoms with van der Waals surface area (Å²) in [4.78, 5) is 20.4. The second-order valence-corrected chi connectivity index (χ2v) is 6.32. The molecule has 0 amide bonds. The number of aliphatic imine (C=N–C) groups is 1. The van der Waals surface area contributed by atoms with Gasteiger partial charge >= 0.3 is 5.97 Å². The molecule has 1 aliphatic heterocycles. The van der Waals surface area contributed by atoms with Crippen LogP contribution in [-0.2, 0) is 9.53 Å². The van der Waals surface area contributed by atoms with Crippen LogP contribution in [0.15, 0.2) is 35.0 Å². The molecule has 0 saturated heterocycles. The van der Waals surface area contributed by atoms with Crippen LogP contribution in [0.3, 0.4) is 0 Å². The minimum absolute atomic E-state index is 0.118. The molecule has 0 atom stereocenters. The highest BCUT2D eigenvalue weighted by Crippen LogP contribution is 2.30. The Bertz CT molecular complexity index is 798. The smallest absolute Gasteiger partial charge is 0.363 e. The Hall–Kier alpha value is -1.40. The topological polar surface area (TPSA) is 51.5 Å². The van der Waals surface area contributed by atoms with Crippen LogP contribution in [0.5, 0.6) is 0 Å². The van der Waals surface area contributed by atoms with Gasteiger partial charge < -0.3 is 4.74 Å². The SMILES string of the molecule is O=C1OC(c2ccccc2Cl)=N/C1=C/c1sc(Cl)nc1Cl.